The minimum absolute atomic E-state index is 0.0414. The summed E-state index contributed by atoms with van der Waals surface area (Å²) in [7, 11) is -3.61. The van der Waals surface area contributed by atoms with E-state index in [0.717, 1.165) is 11.1 Å². The Morgan fingerprint density at radius 3 is 2.63 bits per heavy atom. The Morgan fingerprint density at radius 2 is 2.00 bits per heavy atom. The summed E-state index contributed by atoms with van der Waals surface area (Å²) in [5.41, 5.74) is 1.62. The fraction of sp³-hybridized carbons (Fsp3) is 0.154. The number of aromatic nitrogens is 1. The van der Waals surface area contributed by atoms with Crippen LogP contribution in [0, 0.1) is 6.92 Å². The van der Waals surface area contributed by atoms with Gasteiger partial charge in [0, 0.05) is 18.8 Å². The van der Waals surface area contributed by atoms with Gasteiger partial charge in [-0.3, -0.25) is 4.79 Å². The number of rotatable bonds is 4. The SMILES string of the molecule is Cc1cccc(CNS(=O)(=O)c2ccc(=O)[nH]c2)c1. The molecule has 0 aliphatic heterocycles. The number of hydrogen-bond acceptors (Lipinski definition) is 3. The predicted octanol–water partition coefficient (Wildman–Crippen LogP) is 1.16. The Hall–Kier alpha value is -1.92. The van der Waals surface area contributed by atoms with Crippen LogP contribution >= 0.6 is 0 Å². The number of hydrogen-bond donors (Lipinski definition) is 2. The van der Waals surface area contributed by atoms with Crippen molar-refractivity contribution in [2.45, 2.75) is 18.4 Å². The first kappa shape index (κ1) is 13.5. The Morgan fingerprint density at radius 1 is 1.21 bits per heavy atom. The van der Waals surface area contributed by atoms with E-state index in [0.29, 0.717) is 0 Å². The van der Waals surface area contributed by atoms with Gasteiger partial charge in [0.2, 0.25) is 15.6 Å². The maximum Gasteiger partial charge on any atom is 0.247 e. The average Bonchev–Trinajstić information content (AvgIpc) is 2.37. The van der Waals surface area contributed by atoms with Crippen LogP contribution in [-0.4, -0.2) is 13.4 Å². The maximum atomic E-state index is 12.0. The van der Waals surface area contributed by atoms with Gasteiger partial charge in [-0.2, -0.15) is 0 Å². The standard InChI is InChI=1S/C13H14N2O3S/c1-10-3-2-4-11(7-10)8-15-19(17,18)12-5-6-13(16)14-9-12/h2-7,9,15H,8H2,1H3,(H,14,16). The van der Waals surface area contributed by atoms with Crippen molar-refractivity contribution in [3.8, 4) is 0 Å². The lowest BCUT2D eigenvalue weighted by atomic mass is 10.1. The van der Waals surface area contributed by atoms with Gasteiger partial charge < -0.3 is 4.98 Å². The molecule has 1 heterocycles. The fourth-order valence-corrected chi connectivity index (χ4v) is 2.63. The maximum absolute atomic E-state index is 12.0. The zero-order valence-electron chi connectivity index (χ0n) is 10.4. The van der Waals surface area contributed by atoms with Gasteiger partial charge in [-0.15, -0.1) is 0 Å². The first-order valence-corrected chi connectivity index (χ1v) is 7.20. The largest absolute Gasteiger partial charge is 0.328 e. The van der Waals surface area contributed by atoms with E-state index in [1.807, 2.05) is 31.2 Å². The number of sulfonamides is 1. The van der Waals surface area contributed by atoms with Crippen LogP contribution in [0.1, 0.15) is 11.1 Å². The first-order chi connectivity index (χ1) is 8.97. The summed E-state index contributed by atoms with van der Waals surface area (Å²) >= 11 is 0. The molecule has 2 aromatic rings. The minimum atomic E-state index is -3.61. The van der Waals surface area contributed by atoms with Gasteiger partial charge in [-0.05, 0) is 18.6 Å². The highest BCUT2D eigenvalue weighted by Crippen LogP contribution is 2.07. The van der Waals surface area contributed by atoms with Crippen LogP contribution in [0.25, 0.3) is 0 Å². The third-order valence-electron chi connectivity index (χ3n) is 2.61. The van der Waals surface area contributed by atoms with Gasteiger partial charge in [-0.1, -0.05) is 29.8 Å². The van der Waals surface area contributed by atoms with Crippen LogP contribution in [0.2, 0.25) is 0 Å². The lowest BCUT2D eigenvalue weighted by molar-refractivity contribution is 0.581. The topological polar surface area (TPSA) is 79.0 Å². The third-order valence-corrected chi connectivity index (χ3v) is 4.01. The van der Waals surface area contributed by atoms with Crippen LogP contribution in [0.15, 0.2) is 52.3 Å². The Balaban J connectivity index is 2.14. The van der Waals surface area contributed by atoms with Gasteiger partial charge in [0.1, 0.15) is 0 Å². The molecule has 0 saturated carbocycles. The van der Waals surface area contributed by atoms with E-state index >= 15 is 0 Å². The first-order valence-electron chi connectivity index (χ1n) is 5.71. The summed E-state index contributed by atoms with van der Waals surface area (Å²) in [5, 5.41) is 0. The predicted molar refractivity (Wildman–Crippen MR) is 72.3 cm³/mol. The molecule has 0 saturated heterocycles. The highest BCUT2D eigenvalue weighted by molar-refractivity contribution is 7.89. The van der Waals surface area contributed by atoms with Gasteiger partial charge >= 0.3 is 0 Å². The summed E-state index contributed by atoms with van der Waals surface area (Å²) in [6, 6.07) is 10.0. The number of benzene rings is 1. The molecule has 0 amide bonds. The van der Waals surface area contributed by atoms with Crippen molar-refractivity contribution in [1.29, 1.82) is 0 Å². The van der Waals surface area contributed by atoms with Crippen molar-refractivity contribution < 1.29 is 8.42 Å². The van der Waals surface area contributed by atoms with Gasteiger partial charge in [0.25, 0.3) is 0 Å². The molecular formula is C13H14N2O3S. The van der Waals surface area contributed by atoms with Crippen LogP contribution in [0.3, 0.4) is 0 Å². The second-order valence-electron chi connectivity index (χ2n) is 4.20. The van der Waals surface area contributed by atoms with E-state index in [9.17, 15) is 13.2 Å². The van der Waals surface area contributed by atoms with Gasteiger partial charge in [0.05, 0.1) is 4.90 Å². The molecule has 1 aromatic heterocycles. The van der Waals surface area contributed by atoms with E-state index in [2.05, 4.69) is 9.71 Å². The molecule has 0 radical (unpaired) electrons. The van der Waals surface area contributed by atoms with E-state index in [-0.39, 0.29) is 17.0 Å². The third kappa shape index (κ3) is 3.52. The molecule has 2 N–H and O–H groups in total. The molecule has 19 heavy (non-hydrogen) atoms. The van der Waals surface area contributed by atoms with E-state index in [1.54, 1.807) is 0 Å². The smallest absolute Gasteiger partial charge is 0.247 e. The molecule has 0 unspecified atom stereocenters. The van der Waals surface area contributed by atoms with Crippen molar-refractivity contribution in [2.75, 3.05) is 0 Å². The molecule has 1 aromatic carbocycles. The van der Waals surface area contributed by atoms with Crippen molar-refractivity contribution in [1.82, 2.24) is 9.71 Å². The molecule has 5 nitrogen and oxygen atoms in total. The number of aromatic amines is 1. The highest BCUT2D eigenvalue weighted by Gasteiger charge is 2.13. The molecule has 0 aliphatic rings. The molecular weight excluding hydrogens is 264 g/mol. The van der Waals surface area contributed by atoms with Crippen molar-refractivity contribution in [3.63, 3.8) is 0 Å². The minimum Gasteiger partial charge on any atom is -0.328 e. The zero-order valence-corrected chi connectivity index (χ0v) is 11.2. The molecule has 0 atom stereocenters. The average molecular weight is 278 g/mol. The zero-order chi connectivity index (χ0) is 13.9. The molecule has 6 heteroatoms. The molecule has 100 valence electrons. The van der Waals surface area contributed by atoms with Crippen LogP contribution < -0.4 is 10.3 Å². The van der Waals surface area contributed by atoms with E-state index in [4.69, 9.17) is 0 Å². The molecule has 2 rings (SSSR count). The molecule has 0 aliphatic carbocycles. The number of pyridine rings is 1. The van der Waals surface area contributed by atoms with Crippen LogP contribution in [0.5, 0.6) is 0 Å². The van der Waals surface area contributed by atoms with Crippen molar-refractivity contribution in [3.05, 3.63) is 64.1 Å². The molecule has 0 bridgehead atoms. The summed E-state index contributed by atoms with van der Waals surface area (Å²) in [6.07, 6.45) is 1.18. The molecule has 0 fully saturated rings. The quantitative estimate of drug-likeness (QED) is 0.881. The normalized spacial score (nSPS) is 11.4. The second kappa shape index (κ2) is 5.38. The number of aryl methyl sites for hydroxylation is 1. The monoisotopic (exact) mass is 278 g/mol. The Kier molecular flexibility index (Phi) is 3.82. The fourth-order valence-electron chi connectivity index (χ4n) is 1.65. The van der Waals surface area contributed by atoms with Gasteiger partial charge in [-0.25, -0.2) is 13.1 Å². The highest BCUT2D eigenvalue weighted by atomic mass is 32.2. The van der Waals surface area contributed by atoms with Crippen LogP contribution in [0.4, 0.5) is 0 Å². The van der Waals surface area contributed by atoms with Gasteiger partial charge in [0.15, 0.2) is 0 Å². The Bertz CT molecular complexity index is 715. The lowest BCUT2D eigenvalue weighted by Gasteiger charge is -2.07. The molecule has 0 spiro atoms. The lowest BCUT2D eigenvalue weighted by Crippen LogP contribution is -2.24. The summed E-state index contributed by atoms with van der Waals surface area (Å²) in [6.45, 7) is 2.16. The number of H-pyrrole nitrogens is 1. The van der Waals surface area contributed by atoms with E-state index in [1.165, 1.54) is 18.3 Å². The summed E-state index contributed by atoms with van der Waals surface area (Å²) in [5.74, 6) is 0. The van der Waals surface area contributed by atoms with Crippen LogP contribution in [-0.2, 0) is 16.6 Å². The second-order valence-corrected chi connectivity index (χ2v) is 5.97. The summed E-state index contributed by atoms with van der Waals surface area (Å²) in [4.78, 5) is 13.3. The van der Waals surface area contributed by atoms with Crippen molar-refractivity contribution in [2.24, 2.45) is 0 Å². The van der Waals surface area contributed by atoms with Crippen molar-refractivity contribution >= 4 is 10.0 Å². The Labute approximate surface area is 111 Å². The summed E-state index contributed by atoms with van der Waals surface area (Å²) < 4.78 is 26.4. The van der Waals surface area contributed by atoms with E-state index < -0.39 is 10.0 Å². The number of nitrogens with one attached hydrogen (secondary N) is 2.